The van der Waals surface area contributed by atoms with Crippen molar-refractivity contribution in [3.63, 3.8) is 0 Å². The van der Waals surface area contributed by atoms with E-state index in [0.29, 0.717) is 12.0 Å². The molecule has 2 saturated heterocycles. The van der Waals surface area contributed by atoms with E-state index in [1.165, 1.54) is 0 Å². The van der Waals surface area contributed by atoms with Crippen LogP contribution in [0.1, 0.15) is 40.0 Å². The Labute approximate surface area is 220 Å². The fourth-order valence-electron chi connectivity index (χ4n) is 5.90. The number of rotatable bonds is 3. The molecule has 11 atom stereocenters. The molecular formula is C26H38O12. The maximum Gasteiger partial charge on any atom is 0.337 e. The molecule has 4 rings (SSSR count). The van der Waals surface area contributed by atoms with Gasteiger partial charge in [0.25, 0.3) is 0 Å². The molecule has 0 aromatic heterocycles. The summed E-state index contributed by atoms with van der Waals surface area (Å²) in [6.45, 7) is 4.82. The van der Waals surface area contributed by atoms with Crippen LogP contribution in [-0.2, 0) is 33.3 Å². The number of esters is 2. The van der Waals surface area contributed by atoms with Crippen molar-refractivity contribution in [3.05, 3.63) is 23.5 Å². The second-order valence-corrected chi connectivity index (χ2v) is 10.7. The fraction of sp³-hybridized carbons (Fsp3) is 0.769. The van der Waals surface area contributed by atoms with Crippen LogP contribution in [0.25, 0.3) is 0 Å². The molecule has 0 aromatic carbocycles. The van der Waals surface area contributed by atoms with Gasteiger partial charge in [-0.3, -0.25) is 4.79 Å². The molecule has 3 heterocycles. The highest BCUT2D eigenvalue weighted by atomic mass is 16.8. The standard InChI is InChI=1S/C26H38O12/c1-4-14-15-7-19(28)34-11-17-12(2)5-6-26(17,33)13(3)9-35-23(32)16(15)10-36-24(14)38-25-22(31)21(30)20(29)18(8-27)37-25/h4,10,12-13,15,17-18,20-22,24-25,27,29-31,33H,5-9,11H2,1-3H3/b14-4+/t12?,13?,15?,17?,18-,20-,21+,22-,24?,25+,26?/m0/s1. The first-order valence-corrected chi connectivity index (χ1v) is 13.0. The number of cyclic esters (lactones) is 2. The fourth-order valence-corrected chi connectivity index (χ4v) is 5.90. The molecule has 12 heteroatoms. The van der Waals surface area contributed by atoms with Gasteiger partial charge >= 0.3 is 11.9 Å². The summed E-state index contributed by atoms with van der Waals surface area (Å²) in [5.74, 6) is -2.73. The summed E-state index contributed by atoms with van der Waals surface area (Å²) in [6.07, 6.45) is -5.04. The Morgan fingerprint density at radius 2 is 1.84 bits per heavy atom. The number of aliphatic hydroxyl groups excluding tert-OH is 4. The number of carbonyl (C=O) groups is 2. The monoisotopic (exact) mass is 542 g/mol. The third-order valence-corrected chi connectivity index (χ3v) is 8.49. The lowest BCUT2D eigenvalue weighted by Gasteiger charge is -2.42. The summed E-state index contributed by atoms with van der Waals surface area (Å²) >= 11 is 0. The van der Waals surface area contributed by atoms with E-state index >= 15 is 0 Å². The van der Waals surface area contributed by atoms with Crippen LogP contribution in [-0.4, -0.2) is 99.9 Å². The van der Waals surface area contributed by atoms with Gasteiger partial charge in [0.05, 0.1) is 43.7 Å². The number of carbonyl (C=O) groups excluding carboxylic acids is 2. The third-order valence-electron chi connectivity index (χ3n) is 8.49. The van der Waals surface area contributed by atoms with E-state index in [9.17, 15) is 35.1 Å². The number of ether oxygens (including phenoxy) is 5. The Morgan fingerprint density at radius 1 is 1.11 bits per heavy atom. The lowest BCUT2D eigenvalue weighted by Crippen LogP contribution is -2.60. The molecule has 0 spiro atoms. The molecule has 3 fully saturated rings. The second-order valence-electron chi connectivity index (χ2n) is 10.7. The van der Waals surface area contributed by atoms with Crippen molar-refractivity contribution < 1.29 is 58.8 Å². The number of hydrogen-bond donors (Lipinski definition) is 5. The van der Waals surface area contributed by atoms with E-state index in [1.807, 2.05) is 6.92 Å². The predicted octanol–water partition coefficient (Wildman–Crippen LogP) is -0.491. The van der Waals surface area contributed by atoms with Crippen LogP contribution < -0.4 is 0 Å². The topological polar surface area (TPSA) is 181 Å². The van der Waals surface area contributed by atoms with Crippen LogP contribution in [0.4, 0.5) is 0 Å². The van der Waals surface area contributed by atoms with Gasteiger partial charge in [-0.1, -0.05) is 19.9 Å². The van der Waals surface area contributed by atoms with Gasteiger partial charge in [0, 0.05) is 23.3 Å². The minimum absolute atomic E-state index is 0.0347. The molecule has 0 bridgehead atoms. The van der Waals surface area contributed by atoms with Gasteiger partial charge in [0.2, 0.25) is 6.29 Å². The van der Waals surface area contributed by atoms with Crippen LogP contribution in [0.5, 0.6) is 0 Å². The van der Waals surface area contributed by atoms with Crippen molar-refractivity contribution >= 4 is 11.9 Å². The number of hydrogen-bond acceptors (Lipinski definition) is 12. The minimum atomic E-state index is -1.67. The molecule has 3 aliphatic heterocycles. The minimum Gasteiger partial charge on any atom is -0.468 e. The Morgan fingerprint density at radius 3 is 2.53 bits per heavy atom. The van der Waals surface area contributed by atoms with Crippen LogP contribution in [0, 0.1) is 23.7 Å². The Bertz CT molecular complexity index is 947. The van der Waals surface area contributed by atoms with E-state index in [-0.39, 0.29) is 37.0 Å². The van der Waals surface area contributed by atoms with Crippen molar-refractivity contribution in [1.29, 1.82) is 0 Å². The summed E-state index contributed by atoms with van der Waals surface area (Å²) in [7, 11) is 0. The summed E-state index contributed by atoms with van der Waals surface area (Å²) in [5.41, 5.74) is -0.724. The van der Waals surface area contributed by atoms with Gasteiger partial charge in [-0.15, -0.1) is 0 Å². The number of allylic oxidation sites excluding steroid dienone is 1. The van der Waals surface area contributed by atoms with Gasteiger partial charge in [-0.25, -0.2) is 4.79 Å². The number of fused-ring (bicyclic) bond motifs is 2. The summed E-state index contributed by atoms with van der Waals surface area (Å²) in [6, 6.07) is 0. The molecule has 12 nitrogen and oxygen atoms in total. The van der Waals surface area contributed by atoms with E-state index in [4.69, 9.17) is 23.7 Å². The highest BCUT2D eigenvalue weighted by Crippen LogP contribution is 2.45. The first-order chi connectivity index (χ1) is 18.0. The SMILES string of the molecule is C/C=C1/C(O[C@H]2O[C@@H](CO)[C@H](O)[C@@H](O)[C@@H]2O)OC=C2C(=O)OCC(C)C3(O)CCC(C)C3COC(=O)CC21. The Balaban J connectivity index is 1.57. The van der Waals surface area contributed by atoms with Crippen LogP contribution >= 0.6 is 0 Å². The molecule has 38 heavy (non-hydrogen) atoms. The molecule has 0 amide bonds. The zero-order valence-corrected chi connectivity index (χ0v) is 21.8. The molecule has 1 aliphatic carbocycles. The first kappa shape index (κ1) is 28.9. The van der Waals surface area contributed by atoms with Gasteiger partial charge in [0.15, 0.2) is 6.29 Å². The van der Waals surface area contributed by atoms with Crippen molar-refractivity contribution in [2.45, 2.75) is 82.6 Å². The average Bonchev–Trinajstić information content (AvgIpc) is 3.19. The Hall–Kier alpha value is -2.06. The molecule has 6 unspecified atom stereocenters. The summed E-state index contributed by atoms with van der Waals surface area (Å²) < 4.78 is 28.0. The van der Waals surface area contributed by atoms with Crippen molar-refractivity contribution in [3.8, 4) is 0 Å². The molecular weight excluding hydrogens is 504 g/mol. The molecule has 4 aliphatic rings. The molecule has 0 radical (unpaired) electrons. The van der Waals surface area contributed by atoms with Gasteiger partial charge in [-0.05, 0) is 25.7 Å². The highest BCUT2D eigenvalue weighted by molar-refractivity contribution is 5.91. The highest BCUT2D eigenvalue weighted by Gasteiger charge is 2.51. The first-order valence-electron chi connectivity index (χ1n) is 13.0. The summed E-state index contributed by atoms with van der Waals surface area (Å²) in [4.78, 5) is 26.1. The average molecular weight is 543 g/mol. The summed E-state index contributed by atoms with van der Waals surface area (Å²) in [5, 5.41) is 51.3. The quantitative estimate of drug-likeness (QED) is 0.228. The number of aliphatic hydroxyl groups is 5. The third kappa shape index (κ3) is 5.35. The van der Waals surface area contributed by atoms with Crippen LogP contribution in [0.2, 0.25) is 0 Å². The zero-order chi connectivity index (χ0) is 27.8. The van der Waals surface area contributed by atoms with Crippen molar-refractivity contribution in [1.82, 2.24) is 0 Å². The van der Waals surface area contributed by atoms with E-state index in [2.05, 4.69) is 0 Å². The van der Waals surface area contributed by atoms with E-state index in [1.54, 1.807) is 19.9 Å². The van der Waals surface area contributed by atoms with Crippen molar-refractivity contribution in [2.24, 2.45) is 23.7 Å². The lowest BCUT2D eigenvalue weighted by atomic mass is 9.78. The smallest absolute Gasteiger partial charge is 0.337 e. The second kappa shape index (κ2) is 11.6. The van der Waals surface area contributed by atoms with E-state index in [0.717, 1.165) is 12.7 Å². The predicted molar refractivity (Wildman–Crippen MR) is 128 cm³/mol. The van der Waals surface area contributed by atoms with Gasteiger partial charge in [-0.2, -0.15) is 0 Å². The lowest BCUT2D eigenvalue weighted by molar-refractivity contribution is -0.327. The molecule has 1 saturated carbocycles. The van der Waals surface area contributed by atoms with Crippen LogP contribution in [0.3, 0.4) is 0 Å². The van der Waals surface area contributed by atoms with E-state index < -0.39 is 73.0 Å². The molecule has 5 N–H and O–H groups in total. The normalized spacial score (nSPS) is 45.5. The molecule has 0 aromatic rings. The van der Waals surface area contributed by atoms with Crippen molar-refractivity contribution in [2.75, 3.05) is 19.8 Å². The molecule has 214 valence electrons. The Kier molecular flexibility index (Phi) is 8.82. The maximum absolute atomic E-state index is 13.1. The van der Waals surface area contributed by atoms with Gasteiger partial charge in [0.1, 0.15) is 24.4 Å². The largest absolute Gasteiger partial charge is 0.468 e. The van der Waals surface area contributed by atoms with Crippen LogP contribution in [0.15, 0.2) is 23.5 Å². The van der Waals surface area contributed by atoms with Gasteiger partial charge < -0.3 is 49.2 Å². The zero-order valence-electron chi connectivity index (χ0n) is 21.8. The maximum atomic E-state index is 13.1.